The average Bonchev–Trinajstić information content (AvgIpc) is 3.54. The smallest absolute Gasteiger partial charge is 0.417 e. The van der Waals surface area contributed by atoms with E-state index in [9.17, 15) is 27.2 Å². The van der Waals surface area contributed by atoms with Crippen LogP contribution in [-0.4, -0.2) is 66.1 Å². The Morgan fingerprint density at radius 2 is 1.55 bits per heavy atom. The van der Waals surface area contributed by atoms with Crippen molar-refractivity contribution in [2.24, 2.45) is 5.92 Å². The Morgan fingerprint density at radius 1 is 0.851 bits per heavy atom. The van der Waals surface area contributed by atoms with Crippen molar-refractivity contribution in [3.8, 4) is 0 Å². The Kier molecular flexibility index (Phi) is 9.27. The standard InChI is InChI=1S/C33H33F4N7O3/c34-25-8-4-5-9-26(25)40-31(46)43-18-16-42(17-19-43)27-11-10-24(21-38-27)39-30(45)28-29(33(35,36)37)41-32(47-28)44-14-12-23(13-15-44)20-22-6-2-1-3-7-22/h1-11,21,23H,12-20H2,(H,39,45)(H,40,46). The molecule has 10 nitrogen and oxygen atoms in total. The molecule has 47 heavy (non-hydrogen) atoms. The van der Waals surface area contributed by atoms with Crippen LogP contribution in [-0.2, 0) is 12.6 Å². The van der Waals surface area contributed by atoms with E-state index in [1.165, 1.54) is 36.0 Å². The number of piperazine rings is 1. The third-order valence-electron chi connectivity index (χ3n) is 8.35. The van der Waals surface area contributed by atoms with Crippen LogP contribution in [0.25, 0.3) is 0 Å². The number of benzene rings is 2. The van der Waals surface area contributed by atoms with Crippen molar-refractivity contribution in [2.45, 2.75) is 25.4 Å². The van der Waals surface area contributed by atoms with Gasteiger partial charge in [-0.3, -0.25) is 4.79 Å². The van der Waals surface area contributed by atoms with E-state index in [1.54, 1.807) is 21.9 Å². The molecule has 246 valence electrons. The highest BCUT2D eigenvalue weighted by molar-refractivity contribution is 6.03. The van der Waals surface area contributed by atoms with Gasteiger partial charge in [0.05, 0.1) is 17.6 Å². The maximum Gasteiger partial charge on any atom is 0.437 e. The van der Waals surface area contributed by atoms with Gasteiger partial charge in [-0.2, -0.15) is 18.2 Å². The molecule has 2 aromatic heterocycles. The fourth-order valence-corrected chi connectivity index (χ4v) is 5.80. The zero-order chi connectivity index (χ0) is 33.0. The lowest BCUT2D eigenvalue weighted by molar-refractivity contribution is -0.141. The van der Waals surface area contributed by atoms with E-state index in [4.69, 9.17) is 4.42 Å². The molecule has 2 fully saturated rings. The number of pyridine rings is 1. The number of para-hydroxylation sites is 1. The third-order valence-corrected chi connectivity index (χ3v) is 8.35. The molecule has 14 heteroatoms. The lowest BCUT2D eigenvalue weighted by atomic mass is 9.90. The van der Waals surface area contributed by atoms with Gasteiger partial charge in [0.25, 0.3) is 11.9 Å². The Bertz CT molecular complexity index is 1680. The maximum absolute atomic E-state index is 13.9. The first-order chi connectivity index (χ1) is 22.6. The summed E-state index contributed by atoms with van der Waals surface area (Å²) in [4.78, 5) is 38.8. The number of hydrogen-bond acceptors (Lipinski definition) is 7. The highest BCUT2D eigenvalue weighted by Gasteiger charge is 2.42. The predicted molar refractivity (Wildman–Crippen MR) is 168 cm³/mol. The van der Waals surface area contributed by atoms with E-state index in [2.05, 4.69) is 32.7 Å². The maximum atomic E-state index is 13.9. The minimum atomic E-state index is -4.89. The molecule has 0 aliphatic carbocycles. The molecular formula is C33H33F4N7O3. The van der Waals surface area contributed by atoms with Gasteiger partial charge in [-0.05, 0) is 55.0 Å². The molecule has 2 saturated heterocycles. The van der Waals surface area contributed by atoms with Gasteiger partial charge in [0.2, 0.25) is 5.76 Å². The zero-order valence-electron chi connectivity index (χ0n) is 25.3. The Morgan fingerprint density at radius 3 is 2.21 bits per heavy atom. The number of oxazole rings is 1. The molecule has 0 bridgehead atoms. The van der Waals surface area contributed by atoms with Crippen LogP contribution in [0.1, 0.15) is 34.7 Å². The first-order valence-electron chi connectivity index (χ1n) is 15.3. The summed E-state index contributed by atoms with van der Waals surface area (Å²) >= 11 is 0. The first kappa shape index (κ1) is 31.8. The highest BCUT2D eigenvalue weighted by atomic mass is 19.4. The summed E-state index contributed by atoms with van der Waals surface area (Å²) in [7, 11) is 0. The Labute approximate surface area is 268 Å². The molecule has 0 saturated carbocycles. The third kappa shape index (κ3) is 7.64. The van der Waals surface area contributed by atoms with Crippen LogP contribution < -0.4 is 20.4 Å². The van der Waals surface area contributed by atoms with E-state index < -0.39 is 35.4 Å². The van der Waals surface area contributed by atoms with Crippen molar-refractivity contribution < 1.29 is 31.6 Å². The molecule has 4 aromatic rings. The summed E-state index contributed by atoms with van der Waals surface area (Å²) < 4.78 is 61.1. The summed E-state index contributed by atoms with van der Waals surface area (Å²) in [5.74, 6) is -1.57. The fraction of sp³-hybridized carbons (Fsp3) is 0.333. The van der Waals surface area contributed by atoms with Crippen molar-refractivity contribution >= 4 is 35.1 Å². The largest absolute Gasteiger partial charge is 0.437 e. The molecular weight excluding hydrogens is 618 g/mol. The summed E-state index contributed by atoms with van der Waals surface area (Å²) in [5.41, 5.74) is 0.113. The molecule has 6 rings (SSSR count). The van der Waals surface area contributed by atoms with Crippen molar-refractivity contribution in [1.82, 2.24) is 14.9 Å². The number of hydrogen-bond donors (Lipinski definition) is 2. The topological polar surface area (TPSA) is 107 Å². The molecule has 2 N–H and O–H groups in total. The zero-order valence-corrected chi connectivity index (χ0v) is 25.3. The minimum Gasteiger partial charge on any atom is -0.417 e. The van der Waals surface area contributed by atoms with Gasteiger partial charge in [0.15, 0.2) is 5.69 Å². The molecule has 2 aliphatic heterocycles. The molecule has 0 unspecified atom stereocenters. The van der Waals surface area contributed by atoms with Crippen LogP contribution in [0.3, 0.4) is 0 Å². The van der Waals surface area contributed by atoms with E-state index in [0.717, 1.165) is 19.3 Å². The number of anilines is 4. The summed E-state index contributed by atoms with van der Waals surface area (Å²) in [6.07, 6.45) is -1.15. The lowest BCUT2D eigenvalue weighted by Gasteiger charge is -2.35. The van der Waals surface area contributed by atoms with Gasteiger partial charge in [-0.25, -0.2) is 14.2 Å². The van der Waals surface area contributed by atoms with Crippen LogP contribution in [0, 0.1) is 11.7 Å². The number of aromatic nitrogens is 2. The number of piperidine rings is 1. The van der Waals surface area contributed by atoms with Crippen molar-refractivity contribution in [3.05, 3.63) is 95.8 Å². The van der Waals surface area contributed by atoms with E-state index in [-0.39, 0.29) is 17.4 Å². The van der Waals surface area contributed by atoms with Gasteiger partial charge < -0.3 is 29.8 Å². The number of carbonyl (C=O) groups is 2. The van der Waals surface area contributed by atoms with Crippen LogP contribution in [0.5, 0.6) is 0 Å². The number of rotatable bonds is 7. The van der Waals surface area contributed by atoms with Crippen LogP contribution >= 0.6 is 0 Å². The van der Waals surface area contributed by atoms with E-state index in [0.29, 0.717) is 51.0 Å². The Balaban J connectivity index is 1.04. The number of carbonyl (C=O) groups excluding carboxylic acids is 2. The van der Waals surface area contributed by atoms with Crippen molar-refractivity contribution in [2.75, 3.05) is 59.7 Å². The average molecular weight is 652 g/mol. The molecule has 4 heterocycles. The molecule has 2 aromatic carbocycles. The second-order valence-electron chi connectivity index (χ2n) is 11.5. The number of halogens is 4. The summed E-state index contributed by atoms with van der Waals surface area (Å²) in [6.45, 7) is 2.54. The van der Waals surface area contributed by atoms with E-state index in [1.807, 2.05) is 23.1 Å². The van der Waals surface area contributed by atoms with Crippen LogP contribution in [0.4, 0.5) is 45.6 Å². The molecule has 0 radical (unpaired) electrons. The fourth-order valence-electron chi connectivity index (χ4n) is 5.80. The number of amides is 3. The first-order valence-corrected chi connectivity index (χ1v) is 15.3. The van der Waals surface area contributed by atoms with Crippen molar-refractivity contribution in [3.63, 3.8) is 0 Å². The second-order valence-corrected chi connectivity index (χ2v) is 11.5. The van der Waals surface area contributed by atoms with Gasteiger partial charge in [-0.1, -0.05) is 42.5 Å². The normalized spacial score (nSPS) is 15.9. The van der Waals surface area contributed by atoms with E-state index >= 15 is 0 Å². The van der Waals surface area contributed by atoms with Crippen LogP contribution in [0.15, 0.2) is 77.3 Å². The lowest BCUT2D eigenvalue weighted by Crippen LogP contribution is -2.50. The number of nitrogens with one attached hydrogen (secondary N) is 2. The second kappa shape index (κ2) is 13.7. The SMILES string of the molecule is O=C(Nc1ccc(N2CCN(C(=O)Nc3ccccc3F)CC2)nc1)c1oc(N2CCC(Cc3ccccc3)CC2)nc1C(F)(F)F. The van der Waals surface area contributed by atoms with Gasteiger partial charge in [-0.15, -0.1) is 0 Å². The minimum absolute atomic E-state index is 0.0994. The molecule has 2 aliphatic rings. The molecule has 0 atom stereocenters. The van der Waals surface area contributed by atoms with Crippen molar-refractivity contribution in [1.29, 1.82) is 0 Å². The molecule has 3 amide bonds. The number of urea groups is 1. The predicted octanol–water partition coefficient (Wildman–Crippen LogP) is 6.29. The summed E-state index contributed by atoms with van der Waals surface area (Å²) in [6, 6.07) is 18.5. The highest BCUT2D eigenvalue weighted by Crippen LogP contribution is 2.36. The molecule has 0 spiro atoms. The van der Waals surface area contributed by atoms with Gasteiger partial charge in [0, 0.05) is 39.3 Å². The number of nitrogens with zero attached hydrogens (tertiary/aromatic N) is 5. The number of alkyl halides is 3. The van der Waals surface area contributed by atoms with Crippen LogP contribution in [0.2, 0.25) is 0 Å². The summed E-state index contributed by atoms with van der Waals surface area (Å²) in [5, 5.41) is 5.01. The Hall–Kier alpha value is -5.14. The monoisotopic (exact) mass is 651 g/mol. The van der Waals surface area contributed by atoms with Gasteiger partial charge in [0.1, 0.15) is 11.6 Å². The quantitative estimate of drug-likeness (QED) is 0.226. The van der Waals surface area contributed by atoms with Gasteiger partial charge >= 0.3 is 12.2 Å².